The number of unbranched alkanes of at least 4 members (excludes halogenated alkanes) is 2. The van der Waals surface area contributed by atoms with E-state index in [0.717, 1.165) is 0 Å². The van der Waals surface area contributed by atoms with E-state index in [4.69, 9.17) is 51.6 Å². The van der Waals surface area contributed by atoms with Crippen molar-refractivity contribution in [3.05, 3.63) is 18.2 Å². The Morgan fingerprint density at radius 3 is 1.80 bits per heavy atom. The van der Waals surface area contributed by atoms with Crippen molar-refractivity contribution in [2.24, 2.45) is 56.6 Å². The molecule has 0 saturated carbocycles. The molecule has 1 aliphatic rings. The lowest BCUT2D eigenvalue weighted by atomic mass is 10.0. The highest BCUT2D eigenvalue weighted by atomic mass is 16.3. The second-order valence-corrected chi connectivity index (χ2v) is 18.4. The van der Waals surface area contributed by atoms with Gasteiger partial charge in [-0.25, -0.2) is 4.98 Å². The molecule has 0 spiro atoms. The van der Waals surface area contributed by atoms with Gasteiger partial charge >= 0.3 is 0 Å². The number of likely N-dealkylation sites (tertiary alicyclic amines) is 1. The summed E-state index contributed by atoms with van der Waals surface area (Å²) in [6.07, 6.45) is 3.34. The number of hydrogen-bond acceptors (Lipinski definition) is 19. The van der Waals surface area contributed by atoms with E-state index >= 15 is 0 Å². The maximum atomic E-state index is 14.3. The number of carbonyl (C=O) groups is 9. The largest absolute Gasteiger partial charge is 0.389 e. The van der Waals surface area contributed by atoms with Gasteiger partial charge in [0.05, 0.1) is 31.1 Å². The van der Waals surface area contributed by atoms with Gasteiger partial charge in [0.15, 0.2) is 5.96 Å². The number of aromatic amines is 1. The van der Waals surface area contributed by atoms with Gasteiger partial charge in [0.2, 0.25) is 53.2 Å². The van der Waals surface area contributed by atoms with Crippen molar-refractivity contribution in [1.29, 1.82) is 0 Å². The standard InChI is InChI=1S/C45H84N20O11/c46-15-3-1-8-26(51)38(70)63-36(33(67)21-50)43(75)64-35(32(66)20-49)42(74)57-23-34(68)59-30(10-5-17-48)44(76)65-19-7-12-31(65)41(73)62-29(14-13-25-22-55-24-58-25)40(72)61-28(9-2-4-16-47)39(71)60-27(37(52)69)11-6-18-56-45(53)54/h22,24,26-33,35-36,66-67H,1-21,23,46-51H2,(H2,52,69)(H,55,58)(H,57,74)(H,59,68)(H,60,71)(H,61,72)(H,62,73)(H,63,70)(H,64,75)(H4,53,54,56)/t26-,27+,28-,29-,30+,31-,32-,33-,35-,36-/m0/s1. The van der Waals surface area contributed by atoms with E-state index in [1.165, 1.54) is 17.4 Å². The normalized spacial score (nSPS) is 16.7. The van der Waals surface area contributed by atoms with Gasteiger partial charge in [-0.15, -0.1) is 0 Å². The van der Waals surface area contributed by atoms with Crippen LogP contribution < -0.4 is 88.8 Å². The number of nitrogens with two attached hydrogens (primary N) is 9. The minimum Gasteiger partial charge on any atom is -0.389 e. The Morgan fingerprint density at radius 2 is 1.22 bits per heavy atom. The topological polar surface area (TPSA) is 557 Å². The number of aliphatic hydroxyl groups excluding tert-OH is 2. The summed E-state index contributed by atoms with van der Waals surface area (Å²) in [5.41, 5.74) is 51.1. The van der Waals surface area contributed by atoms with Crippen LogP contribution in [0.25, 0.3) is 0 Å². The number of H-pyrrole nitrogens is 1. The molecular weight excluding hydrogens is 997 g/mol. The number of nitrogens with one attached hydrogen (secondary N) is 8. The van der Waals surface area contributed by atoms with Gasteiger partial charge in [0.1, 0.15) is 42.3 Å². The zero-order valence-electron chi connectivity index (χ0n) is 43.1. The van der Waals surface area contributed by atoms with Crippen LogP contribution in [0.2, 0.25) is 0 Å². The first kappa shape index (κ1) is 65.5. The van der Waals surface area contributed by atoms with Gasteiger partial charge in [-0.3, -0.25) is 48.1 Å². The molecule has 10 atom stereocenters. The van der Waals surface area contributed by atoms with Gasteiger partial charge < -0.3 is 109 Å². The highest BCUT2D eigenvalue weighted by molar-refractivity contribution is 5.98. The minimum absolute atomic E-state index is 0.00733. The molecular formula is C45H84N20O11. The van der Waals surface area contributed by atoms with Crippen molar-refractivity contribution < 1.29 is 53.4 Å². The van der Waals surface area contributed by atoms with E-state index in [1.54, 1.807) is 0 Å². The van der Waals surface area contributed by atoms with E-state index in [0.29, 0.717) is 57.3 Å². The van der Waals surface area contributed by atoms with Crippen LogP contribution in [-0.2, 0) is 49.6 Å². The van der Waals surface area contributed by atoms with Crippen LogP contribution in [-0.4, -0.2) is 197 Å². The molecule has 430 valence electrons. The number of guanidine groups is 1. The maximum Gasteiger partial charge on any atom is 0.246 e. The molecule has 31 heteroatoms. The third-order valence-electron chi connectivity index (χ3n) is 12.4. The summed E-state index contributed by atoms with van der Waals surface area (Å²) in [6.45, 7) is -0.813. The van der Waals surface area contributed by atoms with Crippen LogP contribution in [0.5, 0.6) is 0 Å². The minimum atomic E-state index is -1.82. The molecule has 2 rings (SSSR count). The van der Waals surface area contributed by atoms with Crippen molar-refractivity contribution in [2.45, 2.75) is 150 Å². The third-order valence-corrected chi connectivity index (χ3v) is 12.4. The number of primary amides is 1. The van der Waals surface area contributed by atoms with Crippen LogP contribution >= 0.6 is 0 Å². The van der Waals surface area contributed by atoms with Crippen molar-refractivity contribution in [1.82, 2.24) is 52.1 Å². The fourth-order valence-electron chi connectivity index (χ4n) is 8.05. The Bertz CT molecular complexity index is 2030. The van der Waals surface area contributed by atoms with Crippen molar-refractivity contribution >= 4 is 59.1 Å². The summed E-state index contributed by atoms with van der Waals surface area (Å²) in [5.74, 6) is -7.73. The third kappa shape index (κ3) is 23.1. The summed E-state index contributed by atoms with van der Waals surface area (Å²) in [7, 11) is 0. The molecule has 1 fully saturated rings. The van der Waals surface area contributed by atoms with Crippen LogP contribution in [0.4, 0.5) is 0 Å². The number of aryl methyl sites for hydroxylation is 1. The lowest BCUT2D eigenvalue weighted by Crippen LogP contribution is -2.63. The first-order valence-electron chi connectivity index (χ1n) is 25.6. The average molecular weight is 1080 g/mol. The summed E-state index contributed by atoms with van der Waals surface area (Å²) in [6, 6.07) is -10.6. The van der Waals surface area contributed by atoms with Gasteiger partial charge in [-0.1, -0.05) is 6.42 Å². The summed E-state index contributed by atoms with van der Waals surface area (Å²) in [5, 5.41) is 38.6. The SMILES string of the molecule is NCCCC[C@H](NC(=O)[C@H](CCc1cnc[nH]1)NC(=O)[C@@H]1CCCN1C(=O)[C@@H](CCCN)NC(=O)CNC(=O)[C@@H](NC(=O)[C@@H](NC(=O)[C@@H](N)CCCCN)[C@@H](O)CN)[C@@H](O)CN)C(=O)N[C@H](CCCN=C(N)N)C(N)=O. The van der Waals surface area contributed by atoms with Crippen LogP contribution in [0.15, 0.2) is 17.5 Å². The average Bonchev–Trinajstić information content (AvgIpc) is 4.12. The van der Waals surface area contributed by atoms with Gasteiger partial charge in [-0.2, -0.15) is 0 Å². The predicted molar refractivity (Wildman–Crippen MR) is 278 cm³/mol. The number of rotatable bonds is 38. The Labute approximate surface area is 441 Å². The molecule has 0 aliphatic carbocycles. The molecule has 31 nitrogen and oxygen atoms in total. The number of carbonyl (C=O) groups excluding carboxylic acids is 9. The van der Waals surface area contributed by atoms with E-state index < -0.39 is 133 Å². The highest BCUT2D eigenvalue weighted by Gasteiger charge is 2.40. The fraction of sp³-hybridized carbons (Fsp3) is 0.711. The first-order chi connectivity index (χ1) is 36.2. The number of amides is 9. The lowest BCUT2D eigenvalue weighted by molar-refractivity contribution is -0.142. The fourth-order valence-corrected chi connectivity index (χ4v) is 8.05. The number of imidazole rings is 1. The van der Waals surface area contributed by atoms with E-state index in [-0.39, 0.29) is 77.0 Å². The van der Waals surface area contributed by atoms with Gasteiger partial charge in [-0.05, 0) is 103 Å². The van der Waals surface area contributed by atoms with Gasteiger partial charge in [0.25, 0.3) is 0 Å². The van der Waals surface area contributed by atoms with Crippen molar-refractivity contribution in [2.75, 3.05) is 52.4 Å². The predicted octanol–water partition coefficient (Wildman–Crippen LogP) is -9.14. The molecule has 1 aromatic rings. The maximum absolute atomic E-state index is 14.3. The monoisotopic (exact) mass is 1080 g/mol. The molecule has 2 heterocycles. The molecule has 9 amide bonds. The Kier molecular flexibility index (Phi) is 30.7. The Balaban J connectivity index is 2.27. The number of aliphatic hydroxyl groups is 2. The summed E-state index contributed by atoms with van der Waals surface area (Å²) >= 11 is 0. The zero-order valence-corrected chi connectivity index (χ0v) is 43.1. The number of hydrogen-bond donors (Lipinski definition) is 19. The molecule has 76 heavy (non-hydrogen) atoms. The van der Waals surface area contributed by atoms with Gasteiger partial charge in [0, 0.05) is 38.1 Å². The lowest BCUT2D eigenvalue weighted by Gasteiger charge is -2.30. The smallest absolute Gasteiger partial charge is 0.246 e. The van der Waals surface area contributed by atoms with Crippen LogP contribution in [0.1, 0.15) is 89.2 Å². The molecule has 0 unspecified atom stereocenters. The number of nitrogens with zero attached hydrogens (tertiary/aromatic N) is 3. The zero-order chi connectivity index (χ0) is 56.7. The molecule has 0 aromatic carbocycles. The Morgan fingerprint density at radius 1 is 0.658 bits per heavy atom. The molecule has 1 aliphatic heterocycles. The first-order valence-corrected chi connectivity index (χ1v) is 25.6. The molecule has 1 saturated heterocycles. The van der Waals surface area contributed by atoms with Crippen molar-refractivity contribution in [3.63, 3.8) is 0 Å². The summed E-state index contributed by atoms with van der Waals surface area (Å²) < 4.78 is 0. The number of aromatic nitrogens is 2. The number of aliphatic imine (C=N–C) groups is 1. The second-order valence-electron chi connectivity index (χ2n) is 18.4. The van der Waals surface area contributed by atoms with E-state index in [1.807, 2.05) is 0 Å². The quantitative estimate of drug-likeness (QED) is 0.0166. The van der Waals surface area contributed by atoms with Crippen molar-refractivity contribution in [3.8, 4) is 0 Å². The van der Waals surface area contributed by atoms with Crippen LogP contribution in [0, 0.1) is 0 Å². The second kappa shape index (κ2) is 35.6. The summed E-state index contributed by atoms with van der Waals surface area (Å²) in [4.78, 5) is 134. The molecule has 1 aromatic heterocycles. The molecule has 28 N–H and O–H groups in total. The molecule has 0 bridgehead atoms. The Hall–Kier alpha value is -6.61. The molecule has 0 radical (unpaired) electrons. The van der Waals surface area contributed by atoms with E-state index in [2.05, 4.69) is 52.2 Å². The highest BCUT2D eigenvalue weighted by Crippen LogP contribution is 2.21. The van der Waals surface area contributed by atoms with Crippen LogP contribution in [0.3, 0.4) is 0 Å². The van der Waals surface area contributed by atoms with E-state index in [9.17, 15) is 53.4 Å².